The molecule has 0 aromatic heterocycles. The van der Waals surface area contributed by atoms with Crippen LogP contribution in [0.1, 0.15) is 16.7 Å². The second-order valence-corrected chi connectivity index (χ2v) is 10.6. The van der Waals surface area contributed by atoms with Crippen LogP contribution in [-0.4, -0.2) is 34.0 Å². The molecule has 0 unspecified atom stereocenters. The van der Waals surface area contributed by atoms with E-state index in [0.29, 0.717) is 10.2 Å². The van der Waals surface area contributed by atoms with Gasteiger partial charge in [-0.2, -0.15) is 0 Å². The minimum Gasteiger partial charge on any atom is -0.492 e. The number of halogens is 1. The van der Waals surface area contributed by atoms with Crippen molar-refractivity contribution in [2.75, 3.05) is 24.0 Å². The van der Waals surface area contributed by atoms with Crippen LogP contribution in [0.4, 0.5) is 5.69 Å². The van der Waals surface area contributed by atoms with Crippen molar-refractivity contribution in [3.8, 4) is 5.75 Å². The number of nitrogens with zero attached hydrogens (tertiary/aromatic N) is 1. The van der Waals surface area contributed by atoms with E-state index in [2.05, 4.69) is 27.3 Å². The highest BCUT2D eigenvalue weighted by Gasteiger charge is 2.27. The topological polar surface area (TPSA) is 75.7 Å². The van der Waals surface area contributed by atoms with Crippen molar-refractivity contribution in [3.63, 3.8) is 0 Å². The van der Waals surface area contributed by atoms with E-state index < -0.39 is 15.9 Å². The van der Waals surface area contributed by atoms with Crippen LogP contribution in [0, 0.1) is 20.8 Å². The number of carbonyl (C=O) groups excluding carboxylic acids is 1. The lowest BCUT2D eigenvalue weighted by molar-refractivity contribution is -0.119. The largest absolute Gasteiger partial charge is 0.492 e. The Morgan fingerprint density at radius 3 is 2.24 bits per heavy atom. The molecule has 0 saturated heterocycles. The molecule has 33 heavy (non-hydrogen) atoms. The number of nitrogens with one attached hydrogen (secondary N) is 1. The summed E-state index contributed by atoms with van der Waals surface area (Å²) >= 11 is 3.37. The molecular formula is C25H27BrN2O4S. The van der Waals surface area contributed by atoms with Crippen molar-refractivity contribution in [2.45, 2.75) is 25.7 Å². The summed E-state index contributed by atoms with van der Waals surface area (Å²) in [7, 11) is -3.95. The number of carbonyl (C=O) groups is 1. The lowest BCUT2D eigenvalue weighted by Gasteiger charge is -2.24. The van der Waals surface area contributed by atoms with Crippen molar-refractivity contribution in [2.24, 2.45) is 0 Å². The quantitative estimate of drug-likeness (QED) is 0.404. The van der Waals surface area contributed by atoms with Crippen LogP contribution in [0.5, 0.6) is 5.75 Å². The van der Waals surface area contributed by atoms with Crippen LogP contribution in [0.25, 0.3) is 0 Å². The molecule has 0 fully saturated rings. The Morgan fingerprint density at radius 1 is 0.939 bits per heavy atom. The van der Waals surface area contributed by atoms with Gasteiger partial charge < -0.3 is 10.1 Å². The zero-order valence-corrected chi connectivity index (χ0v) is 21.2. The van der Waals surface area contributed by atoms with Gasteiger partial charge in [0.2, 0.25) is 5.91 Å². The molecule has 0 atom stereocenters. The highest BCUT2D eigenvalue weighted by Crippen LogP contribution is 2.26. The third-order valence-electron chi connectivity index (χ3n) is 4.88. The number of sulfonamides is 1. The summed E-state index contributed by atoms with van der Waals surface area (Å²) < 4.78 is 34.3. The summed E-state index contributed by atoms with van der Waals surface area (Å²) in [6.07, 6.45) is 0. The van der Waals surface area contributed by atoms with Gasteiger partial charge in [-0.05, 0) is 74.4 Å². The van der Waals surface area contributed by atoms with Gasteiger partial charge in [0.25, 0.3) is 10.0 Å². The van der Waals surface area contributed by atoms with E-state index in [1.807, 2.05) is 32.9 Å². The molecule has 1 N–H and O–H groups in total. The van der Waals surface area contributed by atoms with Crippen LogP contribution in [0.3, 0.4) is 0 Å². The summed E-state index contributed by atoms with van der Waals surface area (Å²) in [4.78, 5) is 12.8. The van der Waals surface area contributed by atoms with Crippen molar-refractivity contribution in [1.29, 1.82) is 0 Å². The Morgan fingerprint density at radius 2 is 1.61 bits per heavy atom. The summed E-state index contributed by atoms with van der Waals surface area (Å²) in [6, 6.07) is 19.3. The fourth-order valence-corrected chi connectivity index (χ4v) is 5.15. The van der Waals surface area contributed by atoms with Crippen molar-refractivity contribution >= 4 is 37.5 Å². The Kier molecular flexibility index (Phi) is 8.15. The van der Waals surface area contributed by atoms with Crippen LogP contribution >= 0.6 is 15.9 Å². The molecule has 0 bridgehead atoms. The highest BCUT2D eigenvalue weighted by atomic mass is 79.9. The van der Waals surface area contributed by atoms with E-state index in [1.165, 1.54) is 0 Å². The first-order valence-corrected chi connectivity index (χ1v) is 12.7. The van der Waals surface area contributed by atoms with E-state index in [-0.39, 0.29) is 24.6 Å². The van der Waals surface area contributed by atoms with Gasteiger partial charge >= 0.3 is 0 Å². The SMILES string of the molecule is Cc1ccc(S(=O)(=O)N(CC(=O)NCCOc2cc(C)cc(C)c2)c2cccc(Br)c2)cc1. The van der Waals surface area contributed by atoms with Crippen molar-refractivity contribution in [1.82, 2.24) is 5.32 Å². The van der Waals surface area contributed by atoms with Gasteiger partial charge in [-0.25, -0.2) is 8.42 Å². The molecule has 3 rings (SSSR count). The Balaban J connectivity index is 1.70. The molecule has 1 amide bonds. The number of anilines is 1. The molecule has 0 radical (unpaired) electrons. The van der Waals surface area contributed by atoms with Crippen molar-refractivity contribution < 1.29 is 17.9 Å². The molecule has 6 nitrogen and oxygen atoms in total. The molecule has 8 heteroatoms. The van der Waals surface area contributed by atoms with E-state index in [1.54, 1.807) is 48.5 Å². The fourth-order valence-electron chi connectivity index (χ4n) is 3.35. The number of hydrogen-bond donors (Lipinski definition) is 1. The minimum atomic E-state index is -3.95. The second-order valence-electron chi connectivity index (χ2n) is 7.83. The maximum atomic E-state index is 13.4. The van der Waals surface area contributed by atoms with Gasteiger partial charge in [-0.1, -0.05) is 45.8 Å². The number of rotatable bonds is 9. The van der Waals surface area contributed by atoms with Gasteiger partial charge in [0.1, 0.15) is 18.9 Å². The minimum absolute atomic E-state index is 0.124. The van der Waals surface area contributed by atoms with Gasteiger partial charge in [0, 0.05) is 4.47 Å². The average Bonchev–Trinajstić information content (AvgIpc) is 2.74. The molecule has 0 aliphatic rings. The normalized spacial score (nSPS) is 11.2. The Labute approximate surface area is 203 Å². The van der Waals surface area contributed by atoms with E-state index in [9.17, 15) is 13.2 Å². The predicted molar refractivity (Wildman–Crippen MR) is 134 cm³/mol. The number of hydrogen-bond acceptors (Lipinski definition) is 4. The third kappa shape index (κ3) is 6.82. The second kappa shape index (κ2) is 10.9. The summed E-state index contributed by atoms with van der Waals surface area (Å²) in [5, 5.41) is 2.75. The molecule has 0 aliphatic heterocycles. The fraction of sp³-hybridized carbons (Fsp3) is 0.240. The third-order valence-corrected chi connectivity index (χ3v) is 7.16. The lowest BCUT2D eigenvalue weighted by atomic mass is 10.1. The Bertz CT molecular complexity index is 1210. The van der Waals surface area contributed by atoms with Gasteiger partial charge in [0.05, 0.1) is 17.1 Å². The smallest absolute Gasteiger partial charge is 0.264 e. The number of ether oxygens (including phenoxy) is 1. The molecule has 174 valence electrons. The number of amides is 1. The monoisotopic (exact) mass is 530 g/mol. The van der Waals surface area contributed by atoms with Crippen LogP contribution in [-0.2, 0) is 14.8 Å². The molecule has 3 aromatic rings. The Hall–Kier alpha value is -2.84. The van der Waals surface area contributed by atoms with Gasteiger partial charge in [-0.3, -0.25) is 9.10 Å². The zero-order valence-electron chi connectivity index (χ0n) is 18.8. The van der Waals surface area contributed by atoms with Crippen molar-refractivity contribution in [3.05, 3.63) is 87.9 Å². The number of aryl methyl sites for hydroxylation is 3. The molecule has 0 heterocycles. The van der Waals surface area contributed by atoms with Gasteiger partial charge in [-0.15, -0.1) is 0 Å². The maximum Gasteiger partial charge on any atom is 0.264 e. The predicted octanol–water partition coefficient (Wildman–Crippen LogP) is 4.76. The van der Waals surface area contributed by atoms with Crippen LogP contribution in [0.2, 0.25) is 0 Å². The molecular weight excluding hydrogens is 504 g/mol. The molecule has 3 aromatic carbocycles. The van der Waals surface area contributed by atoms with E-state index in [4.69, 9.17) is 4.74 Å². The van der Waals surface area contributed by atoms with E-state index in [0.717, 1.165) is 26.7 Å². The molecule has 0 aliphatic carbocycles. The first-order chi connectivity index (χ1) is 15.6. The first-order valence-electron chi connectivity index (χ1n) is 10.5. The van der Waals surface area contributed by atoms with Gasteiger partial charge in [0.15, 0.2) is 0 Å². The summed E-state index contributed by atoms with van der Waals surface area (Å²) in [6.45, 7) is 6.05. The number of benzene rings is 3. The van der Waals surface area contributed by atoms with Crippen LogP contribution < -0.4 is 14.4 Å². The molecule has 0 spiro atoms. The standard InChI is InChI=1S/C25H27BrN2O4S/c1-18-7-9-24(10-8-18)33(30,31)28(22-6-4-5-21(26)16-22)17-25(29)27-11-12-32-23-14-19(2)13-20(3)15-23/h4-10,13-16H,11-12,17H2,1-3H3,(H,27,29). The van der Waals surface area contributed by atoms with Crippen LogP contribution in [0.15, 0.2) is 76.1 Å². The summed E-state index contributed by atoms with van der Waals surface area (Å²) in [5.41, 5.74) is 3.54. The summed E-state index contributed by atoms with van der Waals surface area (Å²) in [5.74, 6) is 0.314. The van der Waals surface area contributed by atoms with E-state index >= 15 is 0 Å². The molecule has 0 saturated carbocycles. The lowest BCUT2D eigenvalue weighted by Crippen LogP contribution is -2.41. The highest BCUT2D eigenvalue weighted by molar-refractivity contribution is 9.10. The first kappa shape index (κ1) is 24.8. The average molecular weight is 531 g/mol. The zero-order chi connectivity index (χ0) is 24.0. The maximum absolute atomic E-state index is 13.4.